The number of rotatable bonds is 8. The van der Waals surface area contributed by atoms with Crippen molar-refractivity contribution in [2.45, 2.75) is 36.3 Å². The third-order valence-corrected chi connectivity index (χ3v) is 9.08. The molecule has 194 valence electrons. The molecule has 1 saturated heterocycles. The van der Waals surface area contributed by atoms with E-state index in [4.69, 9.17) is 38.3 Å². The Morgan fingerprint density at radius 3 is 2.51 bits per heavy atom. The molecule has 7 atom stereocenters. The van der Waals surface area contributed by atoms with Gasteiger partial charge in [-0.2, -0.15) is 13.6 Å². The van der Waals surface area contributed by atoms with Crippen LogP contribution in [0.1, 0.15) is 13.2 Å². The summed E-state index contributed by atoms with van der Waals surface area (Å²) in [6.07, 6.45) is 0.350. The quantitative estimate of drug-likeness (QED) is 0.122. The molecular weight excluding hydrogens is 561 g/mol. The maximum Gasteiger partial charge on any atom is 0.490 e. The first-order valence-electron chi connectivity index (χ1n) is 9.08. The van der Waals surface area contributed by atoms with E-state index in [2.05, 4.69) is 29.0 Å². The summed E-state index contributed by atoms with van der Waals surface area (Å²) in [5.74, 6) is 1.90. The van der Waals surface area contributed by atoms with Crippen molar-refractivity contribution in [3.8, 4) is 12.3 Å². The number of hydrogen-bond donors (Lipinski definition) is 7. The number of ether oxygens (including phenoxy) is 1. The molecule has 0 saturated carbocycles. The van der Waals surface area contributed by atoms with Crippen LogP contribution >= 0.6 is 35.1 Å². The topological polar surface area (TPSA) is 266 Å². The van der Waals surface area contributed by atoms with Crippen molar-refractivity contribution in [1.29, 1.82) is 0 Å². The van der Waals surface area contributed by atoms with Crippen LogP contribution in [-0.2, 0) is 31.6 Å². The van der Waals surface area contributed by atoms with Gasteiger partial charge in [-0.3, -0.25) is 14.3 Å². The Kier molecular flexibility index (Phi) is 7.49. The highest BCUT2D eigenvalue weighted by Crippen LogP contribution is 2.66. The highest BCUT2D eigenvalue weighted by molar-refractivity contribution is 7.66. The molecule has 0 amide bonds. The number of aromatic nitrogens is 3. The Morgan fingerprint density at radius 1 is 1.31 bits per heavy atom. The van der Waals surface area contributed by atoms with Crippen LogP contribution < -0.4 is 11.3 Å². The fourth-order valence-electron chi connectivity index (χ4n) is 3.32. The molecular formula is C14H18ClN4O13P3. The Hall–Kier alpha value is -1.60. The lowest BCUT2D eigenvalue weighted by Gasteiger charge is -2.26. The molecule has 0 aliphatic carbocycles. The van der Waals surface area contributed by atoms with Crippen LogP contribution in [0.4, 0.5) is 5.95 Å². The predicted octanol–water partition coefficient (Wildman–Crippen LogP) is -0.0923. The van der Waals surface area contributed by atoms with Crippen molar-refractivity contribution in [1.82, 2.24) is 14.5 Å². The first kappa shape index (κ1) is 28.0. The summed E-state index contributed by atoms with van der Waals surface area (Å²) in [5, 5.41) is 10.8. The molecule has 17 nitrogen and oxygen atoms in total. The van der Waals surface area contributed by atoms with Gasteiger partial charge in [-0.25, -0.2) is 13.7 Å². The van der Waals surface area contributed by atoms with Gasteiger partial charge in [-0.05, 0) is 13.0 Å². The van der Waals surface area contributed by atoms with Crippen molar-refractivity contribution in [3.63, 3.8) is 0 Å². The number of aromatic amines is 1. The van der Waals surface area contributed by atoms with Gasteiger partial charge in [0.15, 0.2) is 16.7 Å². The van der Waals surface area contributed by atoms with Gasteiger partial charge in [-0.1, -0.05) is 17.5 Å². The van der Waals surface area contributed by atoms with Crippen molar-refractivity contribution in [3.05, 3.63) is 22.6 Å². The number of phosphoric acid groups is 3. The summed E-state index contributed by atoms with van der Waals surface area (Å²) < 4.78 is 53.3. The summed E-state index contributed by atoms with van der Waals surface area (Å²) in [7, 11) is -16.9. The van der Waals surface area contributed by atoms with E-state index in [0.717, 1.165) is 6.92 Å². The Bertz CT molecular complexity index is 1380. The second kappa shape index (κ2) is 9.37. The average molecular weight is 579 g/mol. The molecule has 0 radical (unpaired) electrons. The monoisotopic (exact) mass is 578 g/mol. The standard InChI is InChI=1S/C14H18ClN4O13P3/c1-3-14(15)9(20)8(6(2)30-34(25,26)32-35(27,28)31-33(22,23)24)29-12(14)19-5-4-7-10(19)17-13(16)18-11(7)21/h1,4-6,8-9,12,20H,2H3,(H,25,26)(H,27,28)(H2,22,23,24)(H3,16,17,18,21)/t6-,8+,9-,12+,14?/m0/s1. The summed E-state index contributed by atoms with van der Waals surface area (Å²) in [6.45, 7) is 1.07. The fourth-order valence-corrected chi connectivity index (χ4v) is 6.80. The van der Waals surface area contributed by atoms with Gasteiger partial charge in [0.1, 0.15) is 12.2 Å². The number of aliphatic hydroxyl groups excluding tert-OH is 1. The lowest BCUT2D eigenvalue weighted by atomic mass is 9.97. The summed E-state index contributed by atoms with van der Waals surface area (Å²) in [5.41, 5.74) is 4.96. The van der Waals surface area contributed by atoms with Crippen LogP contribution in [0.5, 0.6) is 0 Å². The van der Waals surface area contributed by atoms with E-state index in [1.54, 1.807) is 0 Å². The molecule has 35 heavy (non-hydrogen) atoms. The van der Waals surface area contributed by atoms with Crippen LogP contribution in [0.25, 0.3) is 11.0 Å². The lowest BCUT2D eigenvalue weighted by Crippen LogP contribution is -2.43. The Balaban J connectivity index is 1.89. The molecule has 8 N–H and O–H groups in total. The highest BCUT2D eigenvalue weighted by Gasteiger charge is 2.58. The van der Waals surface area contributed by atoms with E-state index in [1.165, 1.54) is 16.8 Å². The van der Waals surface area contributed by atoms with Gasteiger partial charge in [0.05, 0.1) is 11.5 Å². The molecule has 1 fully saturated rings. The Labute approximate surface area is 200 Å². The first-order chi connectivity index (χ1) is 15.9. The van der Waals surface area contributed by atoms with E-state index < -0.39 is 58.4 Å². The average Bonchev–Trinajstić information content (AvgIpc) is 3.18. The number of H-pyrrole nitrogens is 1. The van der Waals surface area contributed by atoms with Crippen molar-refractivity contribution < 1.29 is 56.3 Å². The summed E-state index contributed by atoms with van der Waals surface area (Å²) >= 11 is 6.45. The van der Waals surface area contributed by atoms with Gasteiger partial charge in [0.25, 0.3) is 5.56 Å². The second-order valence-corrected chi connectivity index (χ2v) is 12.1. The SMILES string of the molecule is C#CC1(Cl)[C@@H](O)[C@@H]([C@H](C)OP(=O)(O)OP(=O)(O)OP(=O)(O)O)O[C@H]1n1ccc2c(=O)[nH]c(N)nc21. The number of aliphatic hydroxyl groups is 1. The van der Waals surface area contributed by atoms with E-state index >= 15 is 0 Å². The number of hydrogen-bond acceptors (Lipinski definition) is 11. The third-order valence-electron chi connectivity index (χ3n) is 4.64. The maximum absolute atomic E-state index is 12.1. The molecule has 0 bridgehead atoms. The molecule has 2 aromatic heterocycles. The number of nitrogens with two attached hydrogens (primary N) is 1. The number of anilines is 1. The molecule has 3 unspecified atom stereocenters. The van der Waals surface area contributed by atoms with E-state index in [-0.39, 0.29) is 17.0 Å². The number of fused-ring (bicyclic) bond motifs is 1. The maximum atomic E-state index is 12.1. The second-order valence-electron chi connectivity index (χ2n) is 7.12. The molecule has 0 spiro atoms. The molecule has 0 aromatic carbocycles. The van der Waals surface area contributed by atoms with Gasteiger partial charge >= 0.3 is 23.5 Å². The van der Waals surface area contributed by atoms with Gasteiger partial charge in [0, 0.05) is 6.20 Å². The van der Waals surface area contributed by atoms with Crippen LogP contribution in [0.2, 0.25) is 0 Å². The highest BCUT2D eigenvalue weighted by atomic mass is 35.5. The van der Waals surface area contributed by atoms with Crippen LogP contribution in [0.3, 0.4) is 0 Å². The smallest absolute Gasteiger partial charge is 0.387 e. The zero-order valence-electron chi connectivity index (χ0n) is 17.2. The number of halogens is 1. The zero-order valence-corrected chi connectivity index (χ0v) is 20.7. The molecule has 2 aromatic rings. The van der Waals surface area contributed by atoms with Gasteiger partial charge in [-0.15, -0.1) is 6.42 Å². The van der Waals surface area contributed by atoms with E-state index in [0.29, 0.717) is 0 Å². The first-order valence-corrected chi connectivity index (χ1v) is 14.0. The van der Waals surface area contributed by atoms with E-state index in [1.807, 2.05) is 0 Å². The van der Waals surface area contributed by atoms with Crippen molar-refractivity contribution >= 4 is 52.1 Å². The largest absolute Gasteiger partial charge is 0.490 e. The summed E-state index contributed by atoms with van der Waals surface area (Å²) in [6, 6.07) is 1.34. The fraction of sp³-hybridized carbons (Fsp3) is 0.429. The van der Waals surface area contributed by atoms with E-state index in [9.17, 15) is 33.4 Å². The number of alkyl halides is 1. The zero-order chi connectivity index (χ0) is 26.6. The van der Waals surface area contributed by atoms with Crippen LogP contribution in [0.15, 0.2) is 17.1 Å². The number of terminal acetylenes is 1. The number of nitrogens with zero attached hydrogens (tertiary/aromatic N) is 2. The normalized spacial score (nSPS) is 29.4. The molecule has 21 heteroatoms. The minimum atomic E-state index is -5.78. The molecule has 1 aliphatic rings. The molecule has 1 aliphatic heterocycles. The minimum Gasteiger partial charge on any atom is -0.387 e. The third kappa shape index (κ3) is 5.87. The van der Waals surface area contributed by atoms with Crippen molar-refractivity contribution in [2.75, 3.05) is 5.73 Å². The minimum absolute atomic E-state index is 0.0232. The lowest BCUT2D eigenvalue weighted by molar-refractivity contribution is -0.0727. The van der Waals surface area contributed by atoms with Crippen LogP contribution in [0, 0.1) is 12.3 Å². The summed E-state index contributed by atoms with van der Waals surface area (Å²) in [4.78, 5) is 52.6. The molecule has 3 heterocycles. The van der Waals surface area contributed by atoms with Gasteiger partial charge in [0.2, 0.25) is 5.95 Å². The number of nitrogens with one attached hydrogen (secondary N) is 1. The Morgan fingerprint density at radius 2 is 1.94 bits per heavy atom. The predicted molar refractivity (Wildman–Crippen MR) is 117 cm³/mol. The van der Waals surface area contributed by atoms with Crippen LogP contribution in [-0.4, -0.2) is 62.4 Å². The van der Waals surface area contributed by atoms with Crippen molar-refractivity contribution in [2.24, 2.45) is 0 Å². The number of nitrogen functional groups attached to an aromatic ring is 1. The van der Waals surface area contributed by atoms with Gasteiger partial charge < -0.3 is 39.7 Å². The number of phosphoric ester groups is 1. The molecule has 3 rings (SSSR count).